The summed E-state index contributed by atoms with van der Waals surface area (Å²) in [6.45, 7) is 4.13. The molecule has 0 aliphatic carbocycles. The molecule has 1 aliphatic rings. The maximum Gasteiger partial charge on any atom is 0.337 e. The summed E-state index contributed by atoms with van der Waals surface area (Å²) in [6.07, 6.45) is 0. The lowest BCUT2D eigenvalue weighted by Gasteiger charge is -2.30. The van der Waals surface area contributed by atoms with Crippen LogP contribution in [0.15, 0.2) is 63.4 Å². The number of ether oxygens (including phenoxy) is 2. The summed E-state index contributed by atoms with van der Waals surface area (Å²) in [4.78, 5) is 27.9. The van der Waals surface area contributed by atoms with Crippen LogP contribution >= 0.6 is 11.6 Å². The third kappa shape index (κ3) is 5.06. The number of hydrogen-bond acceptors (Lipinski definition) is 7. The molecule has 170 valence electrons. The van der Waals surface area contributed by atoms with E-state index >= 15 is 0 Å². The van der Waals surface area contributed by atoms with E-state index in [4.69, 9.17) is 25.5 Å². The zero-order valence-corrected chi connectivity index (χ0v) is 19.6. The Balaban J connectivity index is 1.92. The average molecular weight is 459 g/mol. The first-order valence-corrected chi connectivity index (χ1v) is 10.5. The van der Waals surface area contributed by atoms with E-state index in [0.29, 0.717) is 45.4 Å². The molecule has 1 atom stereocenters. The van der Waals surface area contributed by atoms with Gasteiger partial charge in [-0.3, -0.25) is 0 Å². The molecule has 1 aliphatic heterocycles. The molecule has 7 nitrogen and oxygen atoms in total. The number of esters is 2. The van der Waals surface area contributed by atoms with E-state index in [9.17, 15) is 9.59 Å². The summed E-state index contributed by atoms with van der Waals surface area (Å²) in [5.74, 6) is -0.537. The van der Waals surface area contributed by atoms with Crippen molar-refractivity contribution in [2.24, 2.45) is 0 Å². The van der Waals surface area contributed by atoms with E-state index in [1.165, 1.54) is 7.11 Å². The largest absolute Gasteiger partial charge is 0.466 e. The first-order chi connectivity index (χ1) is 15.2. The molecule has 0 saturated carbocycles. The highest BCUT2D eigenvalue weighted by molar-refractivity contribution is 6.31. The van der Waals surface area contributed by atoms with Gasteiger partial charge in [-0.05, 0) is 51.7 Å². The molecule has 1 unspecified atom stereocenters. The van der Waals surface area contributed by atoms with E-state index in [1.807, 2.05) is 25.1 Å². The molecule has 0 fully saturated rings. The van der Waals surface area contributed by atoms with Gasteiger partial charge in [0.25, 0.3) is 0 Å². The lowest BCUT2D eigenvalue weighted by atomic mass is 9.80. The van der Waals surface area contributed by atoms with Crippen molar-refractivity contribution in [3.8, 4) is 0 Å². The third-order valence-corrected chi connectivity index (χ3v) is 5.48. The lowest BCUT2D eigenvalue weighted by Crippen LogP contribution is -2.32. The second kappa shape index (κ2) is 10.1. The smallest absolute Gasteiger partial charge is 0.337 e. The summed E-state index contributed by atoms with van der Waals surface area (Å²) in [6, 6.07) is 10.7. The summed E-state index contributed by atoms with van der Waals surface area (Å²) < 4.78 is 16.3. The lowest BCUT2D eigenvalue weighted by molar-refractivity contribution is -0.141. The minimum atomic E-state index is -0.731. The van der Waals surface area contributed by atoms with Crippen molar-refractivity contribution >= 4 is 23.5 Å². The zero-order chi connectivity index (χ0) is 23.4. The van der Waals surface area contributed by atoms with Gasteiger partial charge in [0.2, 0.25) is 0 Å². The van der Waals surface area contributed by atoms with Gasteiger partial charge in [-0.25, -0.2) is 9.59 Å². The molecular weight excluding hydrogens is 432 g/mol. The van der Waals surface area contributed by atoms with Crippen LogP contribution in [-0.4, -0.2) is 38.0 Å². The highest BCUT2D eigenvalue weighted by atomic mass is 35.5. The van der Waals surface area contributed by atoms with Crippen LogP contribution < -0.4 is 5.32 Å². The minimum absolute atomic E-state index is 0.0332. The molecule has 2 aromatic rings. The number of dihydropyridines is 1. The van der Waals surface area contributed by atoms with E-state index < -0.39 is 17.9 Å². The van der Waals surface area contributed by atoms with Gasteiger partial charge >= 0.3 is 11.9 Å². The number of hydrogen-bond donors (Lipinski definition) is 1. The van der Waals surface area contributed by atoms with Gasteiger partial charge in [0.1, 0.15) is 18.1 Å². The van der Waals surface area contributed by atoms with Crippen LogP contribution in [0.3, 0.4) is 0 Å². The number of halogens is 1. The summed E-state index contributed by atoms with van der Waals surface area (Å²) in [7, 11) is 5.19. The standard InChI is InChI=1S/C24H27ClN2O5/c1-14-20(23(28)30-5)22(18-8-6-7-9-19(18)25)21(15(2)26-14)24(29)31-13-17-11-10-16(32-17)12-27(3)4/h6-11,22,26H,12-13H2,1-5H3. The Morgan fingerprint density at radius 2 is 1.66 bits per heavy atom. The predicted molar refractivity (Wildman–Crippen MR) is 121 cm³/mol. The molecule has 1 N–H and O–H groups in total. The SMILES string of the molecule is COC(=O)C1=C(C)NC(C)=C(C(=O)OCc2ccc(CN(C)C)o2)C1c1ccccc1Cl. The van der Waals surface area contributed by atoms with E-state index in [0.717, 1.165) is 5.76 Å². The van der Waals surface area contributed by atoms with Gasteiger partial charge in [0.05, 0.1) is 30.7 Å². The monoisotopic (exact) mass is 458 g/mol. The number of methoxy groups -OCH3 is 1. The third-order valence-electron chi connectivity index (χ3n) is 5.14. The molecule has 0 radical (unpaired) electrons. The van der Waals surface area contributed by atoms with Crippen LogP contribution in [0.2, 0.25) is 5.02 Å². The number of benzene rings is 1. The van der Waals surface area contributed by atoms with Crippen molar-refractivity contribution in [3.05, 3.63) is 81.0 Å². The molecule has 1 aromatic carbocycles. The van der Waals surface area contributed by atoms with E-state index in [1.54, 1.807) is 44.2 Å². The molecule has 2 heterocycles. The van der Waals surface area contributed by atoms with Crippen LogP contribution in [0, 0.1) is 0 Å². The Kier molecular flexibility index (Phi) is 7.43. The number of rotatable bonds is 7. The maximum absolute atomic E-state index is 13.2. The number of carbonyl (C=O) groups excluding carboxylic acids is 2. The van der Waals surface area contributed by atoms with Crippen LogP contribution in [-0.2, 0) is 32.2 Å². The Labute approximate surface area is 192 Å². The summed E-state index contributed by atoms with van der Waals surface area (Å²) in [5, 5.41) is 3.54. The Bertz CT molecular complexity index is 1080. The van der Waals surface area contributed by atoms with Crippen molar-refractivity contribution in [2.75, 3.05) is 21.2 Å². The number of allylic oxidation sites excluding steroid dienone is 2. The normalized spacial score (nSPS) is 16.3. The molecular formula is C24H27ClN2O5. The second-order valence-corrected chi connectivity index (χ2v) is 8.24. The van der Waals surface area contributed by atoms with Crippen molar-refractivity contribution in [1.29, 1.82) is 0 Å². The fourth-order valence-electron chi connectivity index (χ4n) is 3.78. The van der Waals surface area contributed by atoms with Crippen molar-refractivity contribution < 1.29 is 23.5 Å². The van der Waals surface area contributed by atoms with Gasteiger partial charge in [0.15, 0.2) is 0 Å². The van der Waals surface area contributed by atoms with Crippen LogP contribution in [0.1, 0.15) is 36.8 Å². The van der Waals surface area contributed by atoms with E-state index in [2.05, 4.69) is 5.32 Å². The van der Waals surface area contributed by atoms with Crippen molar-refractivity contribution in [1.82, 2.24) is 10.2 Å². The highest BCUT2D eigenvalue weighted by Crippen LogP contribution is 2.41. The first-order valence-electron chi connectivity index (χ1n) is 10.1. The fourth-order valence-corrected chi connectivity index (χ4v) is 4.02. The van der Waals surface area contributed by atoms with Crippen LogP contribution in [0.5, 0.6) is 0 Å². The Morgan fingerprint density at radius 1 is 1.03 bits per heavy atom. The topological polar surface area (TPSA) is 81.0 Å². The second-order valence-electron chi connectivity index (χ2n) is 7.83. The fraction of sp³-hybridized carbons (Fsp3) is 0.333. The minimum Gasteiger partial charge on any atom is -0.466 e. The molecule has 0 amide bonds. The van der Waals surface area contributed by atoms with Gasteiger partial charge in [-0.2, -0.15) is 0 Å². The number of carbonyl (C=O) groups is 2. The van der Waals surface area contributed by atoms with E-state index in [-0.39, 0.29) is 6.61 Å². The van der Waals surface area contributed by atoms with Gasteiger partial charge in [-0.15, -0.1) is 0 Å². The van der Waals surface area contributed by atoms with Crippen LogP contribution in [0.25, 0.3) is 0 Å². The predicted octanol–water partition coefficient (Wildman–Crippen LogP) is 4.15. The molecule has 3 rings (SSSR count). The van der Waals surface area contributed by atoms with Crippen LogP contribution in [0.4, 0.5) is 0 Å². The molecule has 0 bridgehead atoms. The van der Waals surface area contributed by atoms with Gasteiger partial charge in [0, 0.05) is 16.4 Å². The quantitative estimate of drug-likeness (QED) is 0.624. The Hall–Kier alpha value is -3.03. The molecule has 8 heteroatoms. The van der Waals surface area contributed by atoms with Crippen molar-refractivity contribution in [2.45, 2.75) is 32.9 Å². The number of nitrogens with zero attached hydrogens (tertiary/aromatic N) is 1. The molecule has 1 aromatic heterocycles. The molecule has 32 heavy (non-hydrogen) atoms. The van der Waals surface area contributed by atoms with Crippen molar-refractivity contribution in [3.63, 3.8) is 0 Å². The molecule has 0 saturated heterocycles. The van der Waals surface area contributed by atoms with Gasteiger partial charge < -0.3 is 24.1 Å². The van der Waals surface area contributed by atoms with Gasteiger partial charge in [-0.1, -0.05) is 29.8 Å². The number of nitrogens with one attached hydrogen (secondary N) is 1. The number of furan rings is 1. The molecule has 0 spiro atoms. The first kappa shape index (κ1) is 23.6. The average Bonchev–Trinajstić information content (AvgIpc) is 3.18. The highest BCUT2D eigenvalue weighted by Gasteiger charge is 2.38. The summed E-state index contributed by atoms with van der Waals surface area (Å²) >= 11 is 6.46. The maximum atomic E-state index is 13.2. The Morgan fingerprint density at radius 3 is 2.28 bits per heavy atom. The zero-order valence-electron chi connectivity index (χ0n) is 18.8. The summed E-state index contributed by atoms with van der Waals surface area (Å²) in [5.41, 5.74) is 2.40.